The molecule has 2 aromatic heterocycles. The lowest BCUT2D eigenvalue weighted by Crippen LogP contribution is -2.38. The summed E-state index contributed by atoms with van der Waals surface area (Å²) in [5.41, 5.74) is 4.07. The van der Waals surface area contributed by atoms with Crippen LogP contribution in [0.4, 0.5) is 5.82 Å². The quantitative estimate of drug-likeness (QED) is 0.817. The Labute approximate surface area is 129 Å². The molecule has 2 aromatic rings. The molecule has 4 rings (SSSR count). The number of hydrogen-bond acceptors (Lipinski definition) is 4. The van der Waals surface area contributed by atoms with Crippen LogP contribution in [0.3, 0.4) is 0 Å². The highest BCUT2D eigenvalue weighted by Crippen LogP contribution is 2.27. The second kappa shape index (κ2) is 5.09. The van der Waals surface area contributed by atoms with Crippen molar-refractivity contribution in [3.63, 3.8) is 0 Å². The van der Waals surface area contributed by atoms with E-state index in [1.807, 2.05) is 18.5 Å². The molecule has 0 amide bonds. The number of fused-ring (bicyclic) bond motifs is 1. The van der Waals surface area contributed by atoms with E-state index in [0.717, 1.165) is 48.1 Å². The zero-order chi connectivity index (χ0) is 15.1. The zero-order valence-corrected chi connectivity index (χ0v) is 12.7. The average molecular weight is 293 g/mol. The number of allylic oxidation sites excluding steroid dienone is 1. The van der Waals surface area contributed by atoms with E-state index < -0.39 is 0 Å². The van der Waals surface area contributed by atoms with E-state index in [1.165, 1.54) is 6.42 Å². The molecule has 0 aromatic carbocycles. The Morgan fingerprint density at radius 1 is 1.36 bits per heavy atom. The lowest BCUT2D eigenvalue weighted by molar-refractivity contribution is 0.609. The second-order valence-electron chi connectivity index (χ2n) is 5.90. The van der Waals surface area contributed by atoms with Gasteiger partial charge in [-0.05, 0) is 13.3 Å². The van der Waals surface area contributed by atoms with E-state index in [0.29, 0.717) is 0 Å². The largest absolute Gasteiger partial charge is 0.353 e. The van der Waals surface area contributed by atoms with E-state index in [4.69, 9.17) is 4.98 Å². The minimum Gasteiger partial charge on any atom is -0.353 e. The molecule has 1 atom stereocenters. The number of dihydropyridines is 1. The zero-order valence-electron chi connectivity index (χ0n) is 12.7. The molecule has 2 aliphatic heterocycles. The Morgan fingerprint density at radius 3 is 2.95 bits per heavy atom. The van der Waals surface area contributed by atoms with Crippen LogP contribution in [0.1, 0.15) is 17.8 Å². The molecule has 1 fully saturated rings. The molecule has 5 nitrogen and oxygen atoms in total. The predicted octanol–water partition coefficient (Wildman–Crippen LogP) is 2.52. The van der Waals surface area contributed by atoms with Crippen LogP contribution in [0.2, 0.25) is 0 Å². The van der Waals surface area contributed by atoms with Crippen molar-refractivity contribution in [1.82, 2.24) is 14.4 Å². The molecule has 0 aliphatic carbocycles. The third kappa shape index (κ3) is 2.04. The molecule has 2 aliphatic rings. The van der Waals surface area contributed by atoms with Crippen molar-refractivity contribution in [2.24, 2.45) is 10.9 Å². The molecule has 0 bridgehead atoms. The second-order valence-corrected chi connectivity index (χ2v) is 5.90. The van der Waals surface area contributed by atoms with Gasteiger partial charge in [0.25, 0.3) is 0 Å². The Bertz CT molecular complexity index is 795. The summed E-state index contributed by atoms with van der Waals surface area (Å²) in [6.07, 6.45) is 11.2. The average Bonchev–Trinajstić information content (AvgIpc) is 2.87. The van der Waals surface area contributed by atoms with Gasteiger partial charge in [0.1, 0.15) is 0 Å². The van der Waals surface area contributed by atoms with Crippen molar-refractivity contribution >= 4 is 23.3 Å². The van der Waals surface area contributed by atoms with Crippen molar-refractivity contribution in [1.29, 1.82) is 0 Å². The summed E-state index contributed by atoms with van der Waals surface area (Å²) in [6, 6.07) is 0. The van der Waals surface area contributed by atoms with Crippen LogP contribution in [-0.2, 0) is 0 Å². The van der Waals surface area contributed by atoms with Gasteiger partial charge in [-0.2, -0.15) is 0 Å². The van der Waals surface area contributed by atoms with Gasteiger partial charge < -0.3 is 4.90 Å². The molecule has 0 saturated carbocycles. The Hall–Kier alpha value is -2.43. The molecule has 0 N–H and O–H groups in total. The van der Waals surface area contributed by atoms with Gasteiger partial charge >= 0.3 is 0 Å². The maximum absolute atomic E-state index is 4.88. The Morgan fingerprint density at radius 2 is 2.23 bits per heavy atom. The lowest BCUT2D eigenvalue weighted by atomic mass is 10.0. The number of imidazole rings is 1. The standard InChI is InChI=1S/C17H19N5/c1-3-13-7-14(10-18-9-13)15-11-22-12(2)8-19-16(22)17(20-15)21-5-4-6-21/h3,7-8,10-11,13H,1,4-6,9H2,2H3. The minimum atomic E-state index is 0.286. The van der Waals surface area contributed by atoms with E-state index in [1.54, 1.807) is 0 Å². The first-order valence-corrected chi connectivity index (χ1v) is 7.70. The van der Waals surface area contributed by atoms with Gasteiger partial charge in [0.15, 0.2) is 11.5 Å². The SMILES string of the molecule is C=CC1C=C(c2cn3c(C)cnc3c(N3CCC3)n2)C=NC1. The number of aryl methyl sites for hydroxylation is 1. The van der Waals surface area contributed by atoms with Crippen LogP contribution in [0.5, 0.6) is 0 Å². The summed E-state index contributed by atoms with van der Waals surface area (Å²) >= 11 is 0. The number of hydrogen-bond donors (Lipinski definition) is 0. The highest BCUT2D eigenvalue weighted by atomic mass is 15.3. The summed E-state index contributed by atoms with van der Waals surface area (Å²) in [6.45, 7) is 8.83. The molecule has 112 valence electrons. The molecule has 1 unspecified atom stereocenters. The predicted molar refractivity (Wildman–Crippen MR) is 89.6 cm³/mol. The van der Waals surface area contributed by atoms with Crippen LogP contribution >= 0.6 is 0 Å². The van der Waals surface area contributed by atoms with Crippen molar-refractivity contribution in [2.45, 2.75) is 13.3 Å². The first-order chi connectivity index (χ1) is 10.8. The number of nitrogens with zero attached hydrogens (tertiary/aromatic N) is 5. The third-order valence-corrected chi connectivity index (χ3v) is 4.35. The number of aromatic nitrogens is 3. The minimum absolute atomic E-state index is 0.286. The van der Waals surface area contributed by atoms with Gasteiger partial charge in [-0.15, -0.1) is 6.58 Å². The van der Waals surface area contributed by atoms with Crippen molar-refractivity contribution in [3.05, 3.63) is 42.5 Å². The van der Waals surface area contributed by atoms with Crippen molar-refractivity contribution < 1.29 is 0 Å². The number of anilines is 1. The maximum Gasteiger partial charge on any atom is 0.180 e. The van der Waals surface area contributed by atoms with Crippen LogP contribution in [0.25, 0.3) is 11.2 Å². The van der Waals surface area contributed by atoms with Gasteiger partial charge in [-0.1, -0.05) is 12.2 Å². The Kier molecular flexibility index (Phi) is 3.06. The smallest absolute Gasteiger partial charge is 0.180 e. The molecular formula is C17H19N5. The highest BCUT2D eigenvalue weighted by molar-refractivity contribution is 6.09. The van der Waals surface area contributed by atoms with Crippen LogP contribution in [-0.4, -0.2) is 40.2 Å². The van der Waals surface area contributed by atoms with Crippen molar-refractivity contribution in [2.75, 3.05) is 24.5 Å². The van der Waals surface area contributed by atoms with Crippen LogP contribution in [0.15, 0.2) is 36.1 Å². The monoisotopic (exact) mass is 293 g/mol. The molecule has 22 heavy (non-hydrogen) atoms. The van der Waals surface area contributed by atoms with Gasteiger partial charge in [0.2, 0.25) is 0 Å². The van der Waals surface area contributed by atoms with Crippen LogP contribution in [0, 0.1) is 12.8 Å². The summed E-state index contributed by atoms with van der Waals surface area (Å²) in [4.78, 5) is 16.1. The van der Waals surface area contributed by atoms with Gasteiger partial charge in [-0.3, -0.25) is 9.39 Å². The summed E-state index contributed by atoms with van der Waals surface area (Å²) in [5, 5.41) is 0. The summed E-state index contributed by atoms with van der Waals surface area (Å²) < 4.78 is 2.13. The van der Waals surface area contributed by atoms with Gasteiger partial charge in [0, 0.05) is 55.4 Å². The van der Waals surface area contributed by atoms with E-state index in [2.05, 4.69) is 45.1 Å². The molecule has 5 heteroatoms. The van der Waals surface area contributed by atoms with Crippen LogP contribution < -0.4 is 4.90 Å². The lowest BCUT2D eigenvalue weighted by Gasteiger charge is -2.32. The fourth-order valence-corrected chi connectivity index (χ4v) is 2.86. The first kappa shape index (κ1) is 13.2. The summed E-state index contributed by atoms with van der Waals surface area (Å²) in [5.74, 6) is 1.26. The van der Waals surface area contributed by atoms with Crippen molar-refractivity contribution in [3.8, 4) is 0 Å². The van der Waals surface area contributed by atoms with Gasteiger partial charge in [0.05, 0.1) is 5.69 Å². The first-order valence-electron chi connectivity index (χ1n) is 7.70. The number of aliphatic imine (C=N–C) groups is 1. The fraction of sp³-hybridized carbons (Fsp3) is 0.353. The normalized spacial score (nSPS) is 20.9. The molecule has 4 heterocycles. The molecule has 0 spiro atoms. The fourth-order valence-electron chi connectivity index (χ4n) is 2.86. The number of rotatable bonds is 3. The van der Waals surface area contributed by atoms with Gasteiger partial charge in [-0.25, -0.2) is 9.97 Å². The topological polar surface area (TPSA) is 45.8 Å². The molecule has 0 radical (unpaired) electrons. The van der Waals surface area contributed by atoms with E-state index in [9.17, 15) is 0 Å². The van der Waals surface area contributed by atoms with E-state index >= 15 is 0 Å². The maximum atomic E-state index is 4.88. The molecule has 1 saturated heterocycles. The third-order valence-electron chi connectivity index (χ3n) is 4.35. The Balaban J connectivity index is 1.87. The summed E-state index contributed by atoms with van der Waals surface area (Å²) in [7, 11) is 0. The molecular weight excluding hydrogens is 274 g/mol. The van der Waals surface area contributed by atoms with E-state index in [-0.39, 0.29) is 5.92 Å². The highest BCUT2D eigenvalue weighted by Gasteiger charge is 2.22.